The SMILES string of the molecule is C#Cc1cc(CNC(=O)C=Cc2ccc(C(F)(F)F)nc2C)cc(F)c1N(C)S(=O)O. The molecule has 1 aromatic carbocycles. The molecule has 0 aliphatic carbocycles. The molecule has 1 heterocycles. The minimum Gasteiger partial charge on any atom is -0.348 e. The van der Waals surface area contributed by atoms with Crippen molar-refractivity contribution in [2.45, 2.75) is 19.6 Å². The summed E-state index contributed by atoms with van der Waals surface area (Å²) in [7, 11) is 1.19. The molecule has 6 nitrogen and oxygen atoms in total. The molecule has 0 fully saturated rings. The number of carbonyl (C=O) groups excluding carboxylic acids is 1. The largest absolute Gasteiger partial charge is 0.433 e. The molecule has 1 amide bonds. The molecule has 0 radical (unpaired) electrons. The number of nitrogens with one attached hydrogen (secondary N) is 1. The number of terminal acetylenes is 1. The summed E-state index contributed by atoms with van der Waals surface area (Å²) in [4.78, 5) is 15.5. The fourth-order valence-electron chi connectivity index (χ4n) is 2.58. The van der Waals surface area contributed by atoms with Crippen LogP contribution in [0.4, 0.5) is 23.2 Å². The Hall–Kier alpha value is -3.23. The Labute approximate surface area is 178 Å². The molecule has 2 N–H and O–H groups in total. The van der Waals surface area contributed by atoms with Crippen LogP contribution in [0.15, 0.2) is 30.3 Å². The molecular formula is C20H17F4N3O3S. The number of hydrogen-bond acceptors (Lipinski definition) is 3. The van der Waals surface area contributed by atoms with E-state index in [-0.39, 0.29) is 23.5 Å². The van der Waals surface area contributed by atoms with Crippen LogP contribution in [-0.4, -0.2) is 26.7 Å². The lowest BCUT2D eigenvalue weighted by Gasteiger charge is -2.17. The van der Waals surface area contributed by atoms with Gasteiger partial charge in [0.25, 0.3) is 11.3 Å². The average molecular weight is 455 g/mol. The van der Waals surface area contributed by atoms with Crippen molar-refractivity contribution in [3.05, 3.63) is 64.2 Å². The fourth-order valence-corrected chi connectivity index (χ4v) is 2.93. The number of hydrogen-bond donors (Lipinski definition) is 2. The third kappa shape index (κ3) is 6.13. The topological polar surface area (TPSA) is 82.5 Å². The number of anilines is 1. The summed E-state index contributed by atoms with van der Waals surface area (Å²) in [6, 6.07) is 4.46. The second-order valence-corrected chi connectivity index (χ2v) is 7.28. The molecule has 0 saturated heterocycles. The Morgan fingerprint density at radius 2 is 2.06 bits per heavy atom. The normalized spacial score (nSPS) is 12.5. The Morgan fingerprint density at radius 1 is 1.39 bits per heavy atom. The van der Waals surface area contributed by atoms with E-state index in [2.05, 4.69) is 16.2 Å². The van der Waals surface area contributed by atoms with Gasteiger partial charge in [-0.2, -0.15) is 13.2 Å². The molecule has 1 aromatic heterocycles. The molecule has 0 spiro atoms. The van der Waals surface area contributed by atoms with Crippen molar-refractivity contribution in [3.8, 4) is 12.3 Å². The fraction of sp³-hybridized carbons (Fsp3) is 0.200. The number of aromatic nitrogens is 1. The number of nitrogens with zero attached hydrogens (tertiary/aromatic N) is 2. The molecule has 164 valence electrons. The van der Waals surface area contributed by atoms with E-state index < -0.39 is 34.9 Å². The first-order valence-corrected chi connectivity index (χ1v) is 9.65. The number of alkyl halides is 3. The van der Waals surface area contributed by atoms with Gasteiger partial charge < -0.3 is 5.32 Å². The third-order valence-electron chi connectivity index (χ3n) is 4.13. The van der Waals surface area contributed by atoms with Gasteiger partial charge in [-0.3, -0.25) is 13.7 Å². The first kappa shape index (κ1) is 24.0. The van der Waals surface area contributed by atoms with Crippen LogP contribution in [0.1, 0.15) is 28.1 Å². The molecule has 2 aromatic rings. The zero-order valence-corrected chi connectivity index (χ0v) is 17.1. The summed E-state index contributed by atoms with van der Waals surface area (Å²) in [5, 5.41) is 2.49. The van der Waals surface area contributed by atoms with Crippen LogP contribution < -0.4 is 9.62 Å². The van der Waals surface area contributed by atoms with Gasteiger partial charge in [0.1, 0.15) is 17.2 Å². The van der Waals surface area contributed by atoms with Gasteiger partial charge in [0.2, 0.25) is 5.91 Å². The number of rotatable bonds is 6. The second kappa shape index (κ2) is 9.72. The van der Waals surface area contributed by atoms with Gasteiger partial charge >= 0.3 is 6.18 Å². The molecule has 2 rings (SSSR count). The lowest BCUT2D eigenvalue weighted by molar-refractivity contribution is -0.141. The van der Waals surface area contributed by atoms with Gasteiger partial charge in [0, 0.05) is 25.4 Å². The molecule has 0 aliphatic rings. The molecule has 0 aliphatic heterocycles. The average Bonchev–Trinajstić information content (AvgIpc) is 2.69. The molecule has 1 atom stereocenters. The van der Waals surface area contributed by atoms with Gasteiger partial charge in [-0.25, -0.2) is 13.6 Å². The zero-order valence-electron chi connectivity index (χ0n) is 16.3. The van der Waals surface area contributed by atoms with E-state index in [4.69, 9.17) is 11.0 Å². The summed E-state index contributed by atoms with van der Waals surface area (Å²) < 4.78 is 73.4. The van der Waals surface area contributed by atoms with E-state index in [1.54, 1.807) is 0 Å². The van der Waals surface area contributed by atoms with E-state index in [1.165, 1.54) is 32.2 Å². The first-order chi connectivity index (χ1) is 14.4. The lowest BCUT2D eigenvalue weighted by Crippen LogP contribution is -2.23. The van der Waals surface area contributed by atoms with Crippen LogP contribution in [-0.2, 0) is 28.8 Å². The predicted octanol–water partition coefficient (Wildman–Crippen LogP) is 3.43. The molecule has 31 heavy (non-hydrogen) atoms. The standard InChI is InChI=1S/C20H17F4N3O3S/c1-4-14-9-13(10-16(21)19(14)27(3)31(29)30)11-25-18(28)8-6-15-5-7-17(20(22,23)24)26-12(15)2/h1,5-10H,11H2,2-3H3,(H,25,28)(H,29,30). The Balaban J connectivity index is 2.10. The predicted molar refractivity (Wildman–Crippen MR) is 108 cm³/mol. The quantitative estimate of drug-likeness (QED) is 0.303. The Morgan fingerprint density at radius 3 is 2.61 bits per heavy atom. The maximum Gasteiger partial charge on any atom is 0.433 e. The van der Waals surface area contributed by atoms with E-state index >= 15 is 0 Å². The van der Waals surface area contributed by atoms with Gasteiger partial charge in [-0.15, -0.1) is 6.42 Å². The maximum absolute atomic E-state index is 14.4. The van der Waals surface area contributed by atoms with Crippen molar-refractivity contribution in [1.82, 2.24) is 10.3 Å². The van der Waals surface area contributed by atoms with Crippen LogP contribution in [0, 0.1) is 25.1 Å². The molecule has 1 unspecified atom stereocenters. The van der Waals surface area contributed by atoms with Gasteiger partial charge in [0.15, 0.2) is 0 Å². The number of pyridine rings is 1. The highest BCUT2D eigenvalue weighted by atomic mass is 32.2. The van der Waals surface area contributed by atoms with Gasteiger partial charge in [-0.1, -0.05) is 12.0 Å². The molecular weight excluding hydrogens is 438 g/mol. The van der Waals surface area contributed by atoms with Crippen LogP contribution >= 0.6 is 0 Å². The number of carbonyl (C=O) groups is 1. The maximum atomic E-state index is 14.4. The lowest BCUT2D eigenvalue weighted by atomic mass is 10.1. The molecule has 11 heteroatoms. The minimum absolute atomic E-state index is 0.0242. The highest BCUT2D eigenvalue weighted by Crippen LogP contribution is 2.28. The Bertz CT molecular complexity index is 1090. The van der Waals surface area contributed by atoms with E-state index in [9.17, 15) is 26.6 Å². The van der Waals surface area contributed by atoms with Crippen LogP contribution in [0.2, 0.25) is 0 Å². The monoisotopic (exact) mass is 455 g/mol. The van der Waals surface area contributed by atoms with Crippen molar-refractivity contribution < 1.29 is 31.1 Å². The third-order valence-corrected chi connectivity index (χ3v) is 4.78. The van der Waals surface area contributed by atoms with Crippen molar-refractivity contribution in [2.24, 2.45) is 0 Å². The summed E-state index contributed by atoms with van der Waals surface area (Å²) in [5.41, 5.74) is -0.508. The second-order valence-electron chi connectivity index (χ2n) is 6.27. The van der Waals surface area contributed by atoms with E-state index in [1.807, 2.05) is 0 Å². The van der Waals surface area contributed by atoms with Gasteiger partial charge in [-0.05, 0) is 42.3 Å². The molecule has 0 saturated carbocycles. The van der Waals surface area contributed by atoms with Crippen LogP contribution in [0.3, 0.4) is 0 Å². The highest BCUT2D eigenvalue weighted by molar-refractivity contribution is 7.80. The number of aryl methyl sites for hydroxylation is 1. The first-order valence-electron chi connectivity index (χ1n) is 8.58. The minimum atomic E-state index is -4.56. The summed E-state index contributed by atoms with van der Waals surface area (Å²) >= 11 is -2.48. The zero-order chi connectivity index (χ0) is 23.3. The van der Waals surface area contributed by atoms with Crippen molar-refractivity contribution in [2.75, 3.05) is 11.4 Å². The number of amides is 1. The number of halogens is 4. The highest BCUT2D eigenvalue weighted by Gasteiger charge is 2.32. The van der Waals surface area contributed by atoms with E-state index in [0.717, 1.165) is 22.5 Å². The van der Waals surface area contributed by atoms with Crippen molar-refractivity contribution >= 4 is 28.9 Å². The summed E-state index contributed by atoms with van der Waals surface area (Å²) in [6.07, 6.45) is 3.19. The summed E-state index contributed by atoms with van der Waals surface area (Å²) in [5.74, 6) is 0.802. The van der Waals surface area contributed by atoms with Gasteiger partial charge in [0.05, 0.1) is 5.56 Å². The molecule has 0 bridgehead atoms. The number of benzene rings is 1. The summed E-state index contributed by atoms with van der Waals surface area (Å²) in [6.45, 7) is 1.28. The smallest absolute Gasteiger partial charge is 0.348 e. The van der Waals surface area contributed by atoms with E-state index in [0.29, 0.717) is 11.1 Å². The van der Waals surface area contributed by atoms with Crippen molar-refractivity contribution in [1.29, 1.82) is 0 Å². The van der Waals surface area contributed by atoms with Crippen LogP contribution in [0.25, 0.3) is 6.08 Å². The van der Waals surface area contributed by atoms with Crippen molar-refractivity contribution in [3.63, 3.8) is 0 Å². The Kier molecular flexibility index (Phi) is 7.54. The van der Waals surface area contributed by atoms with Crippen LogP contribution in [0.5, 0.6) is 0 Å².